The third-order valence-electron chi connectivity index (χ3n) is 1.29. The largest absolute Gasteiger partial charge is 0.516 e. The number of carbonyl (C=O) groups excluding carboxylic acids is 1. The lowest BCUT2D eigenvalue weighted by atomic mass is 10.2. The maximum atomic E-state index is 10.5. The maximum absolute atomic E-state index is 10.5. The van der Waals surface area contributed by atoms with Gasteiger partial charge < -0.3 is 9.84 Å². The smallest absolute Gasteiger partial charge is 0.305 e. The number of rotatable bonds is 0. The summed E-state index contributed by atoms with van der Waals surface area (Å²) in [6, 6.07) is 0. The normalized spacial score (nSPS) is 16.9. The number of hydrogen-bond acceptors (Lipinski definition) is 3. The van der Waals surface area contributed by atoms with Crippen LogP contribution in [0.15, 0.2) is 12.8 Å². The molecule has 0 radical (unpaired) electrons. The van der Waals surface area contributed by atoms with Gasteiger partial charge in [-0.25, -0.2) is 0 Å². The molecule has 1 heterocycles. The first kappa shape index (κ1) is 10.0. The van der Waals surface area contributed by atoms with Crippen LogP contribution in [0.3, 0.4) is 0 Å². The zero-order valence-corrected chi connectivity index (χ0v) is 6.58. The summed E-state index contributed by atoms with van der Waals surface area (Å²) in [6.07, 6.45) is 4.58. The molecule has 0 aromatic rings. The van der Waals surface area contributed by atoms with E-state index in [2.05, 4.69) is 6.58 Å². The van der Waals surface area contributed by atoms with Gasteiger partial charge in [0.2, 0.25) is 0 Å². The quantitative estimate of drug-likeness (QED) is 0.432. The van der Waals surface area contributed by atoms with Gasteiger partial charge in [-0.05, 0) is 19.3 Å². The molecule has 1 rings (SSSR count). The minimum absolute atomic E-state index is 0.0255. The monoisotopic (exact) mass is 158 g/mol. The molecule has 0 unspecified atom stereocenters. The lowest BCUT2D eigenvalue weighted by Gasteiger charge is -1.93. The third kappa shape index (κ3) is 6.90. The van der Waals surface area contributed by atoms with E-state index in [9.17, 15) is 4.79 Å². The predicted molar refractivity (Wildman–Crippen MR) is 42.3 cm³/mol. The molecule has 64 valence electrons. The van der Waals surface area contributed by atoms with Crippen LogP contribution in [0.1, 0.15) is 25.7 Å². The van der Waals surface area contributed by atoms with Crippen molar-refractivity contribution in [2.24, 2.45) is 0 Å². The van der Waals surface area contributed by atoms with Crippen molar-refractivity contribution in [3.05, 3.63) is 12.8 Å². The average Bonchev–Trinajstić information content (AvgIpc) is 2.18. The number of aliphatic hydroxyl groups is 1. The van der Waals surface area contributed by atoms with E-state index in [1.54, 1.807) is 0 Å². The highest BCUT2D eigenvalue weighted by molar-refractivity contribution is 5.69. The van der Waals surface area contributed by atoms with Gasteiger partial charge in [-0.2, -0.15) is 0 Å². The second kappa shape index (κ2) is 7.12. The number of hydrogen-bond donors (Lipinski definition) is 1. The first-order valence-corrected chi connectivity index (χ1v) is 3.72. The fraction of sp³-hybridized carbons (Fsp3) is 0.625. The van der Waals surface area contributed by atoms with Crippen molar-refractivity contribution >= 4 is 5.97 Å². The first-order valence-electron chi connectivity index (χ1n) is 3.72. The summed E-state index contributed by atoms with van der Waals surface area (Å²) >= 11 is 0. The molecular formula is C8H14O3. The average molecular weight is 158 g/mol. The topological polar surface area (TPSA) is 46.5 Å². The second-order valence-corrected chi connectivity index (χ2v) is 2.21. The standard InChI is InChI=1S/C6H10O2.C2H4O/c7-6-4-2-1-3-5-8-6;1-2-3/h1-5H2;2-3H,1H2. The first-order chi connectivity index (χ1) is 5.31. The molecule has 0 aromatic carbocycles. The summed E-state index contributed by atoms with van der Waals surface area (Å²) in [4.78, 5) is 10.5. The Balaban J connectivity index is 0.000000292. The van der Waals surface area contributed by atoms with E-state index >= 15 is 0 Å². The molecule has 0 aromatic heterocycles. The van der Waals surface area contributed by atoms with Gasteiger partial charge in [-0.15, -0.1) is 0 Å². The van der Waals surface area contributed by atoms with Crippen molar-refractivity contribution in [3.8, 4) is 0 Å². The van der Waals surface area contributed by atoms with Crippen LogP contribution in [-0.2, 0) is 9.53 Å². The van der Waals surface area contributed by atoms with Crippen molar-refractivity contribution in [1.29, 1.82) is 0 Å². The molecule has 0 saturated carbocycles. The Labute approximate surface area is 66.7 Å². The molecule has 0 bridgehead atoms. The van der Waals surface area contributed by atoms with Gasteiger partial charge in [-0.3, -0.25) is 4.79 Å². The summed E-state index contributed by atoms with van der Waals surface area (Å²) in [7, 11) is 0. The fourth-order valence-electron chi connectivity index (χ4n) is 0.806. The summed E-state index contributed by atoms with van der Waals surface area (Å²) in [5, 5.41) is 7.33. The SMILES string of the molecule is C=CO.O=C1CCCCCO1. The molecule has 1 fully saturated rings. The Bertz CT molecular complexity index is 111. The lowest BCUT2D eigenvalue weighted by Crippen LogP contribution is -2.00. The summed E-state index contributed by atoms with van der Waals surface area (Å²) in [5.74, 6) is -0.0255. The number of ether oxygens (including phenoxy) is 1. The fourth-order valence-corrected chi connectivity index (χ4v) is 0.806. The lowest BCUT2D eigenvalue weighted by molar-refractivity contribution is -0.142. The Morgan fingerprint density at radius 2 is 2.09 bits per heavy atom. The number of aliphatic hydroxyl groups excluding tert-OH is 1. The highest BCUT2D eigenvalue weighted by Crippen LogP contribution is 2.06. The van der Waals surface area contributed by atoms with Crippen LogP contribution in [0.2, 0.25) is 0 Å². The molecule has 0 spiro atoms. The van der Waals surface area contributed by atoms with Gasteiger partial charge >= 0.3 is 5.97 Å². The van der Waals surface area contributed by atoms with Crippen molar-refractivity contribution in [3.63, 3.8) is 0 Å². The van der Waals surface area contributed by atoms with E-state index in [4.69, 9.17) is 9.84 Å². The summed E-state index contributed by atoms with van der Waals surface area (Å²) in [5.41, 5.74) is 0. The molecule has 3 nitrogen and oxygen atoms in total. The van der Waals surface area contributed by atoms with Crippen LogP contribution in [0.5, 0.6) is 0 Å². The van der Waals surface area contributed by atoms with Crippen molar-refractivity contribution in [2.45, 2.75) is 25.7 Å². The van der Waals surface area contributed by atoms with Crippen LogP contribution in [0.25, 0.3) is 0 Å². The molecule has 1 aliphatic heterocycles. The number of esters is 1. The van der Waals surface area contributed by atoms with Crippen LogP contribution < -0.4 is 0 Å². The van der Waals surface area contributed by atoms with Crippen LogP contribution in [-0.4, -0.2) is 17.7 Å². The summed E-state index contributed by atoms with van der Waals surface area (Å²) < 4.78 is 4.76. The minimum Gasteiger partial charge on any atom is -0.516 e. The van der Waals surface area contributed by atoms with Crippen molar-refractivity contribution in [2.75, 3.05) is 6.61 Å². The van der Waals surface area contributed by atoms with Gasteiger partial charge in [0.15, 0.2) is 0 Å². The molecule has 0 aliphatic carbocycles. The Morgan fingerprint density at radius 1 is 1.45 bits per heavy atom. The van der Waals surface area contributed by atoms with Crippen molar-refractivity contribution in [1.82, 2.24) is 0 Å². The van der Waals surface area contributed by atoms with Crippen LogP contribution in [0, 0.1) is 0 Å². The van der Waals surface area contributed by atoms with E-state index in [1.807, 2.05) is 0 Å². The van der Waals surface area contributed by atoms with E-state index in [0.717, 1.165) is 25.5 Å². The van der Waals surface area contributed by atoms with E-state index in [1.165, 1.54) is 0 Å². The summed E-state index contributed by atoms with van der Waals surface area (Å²) in [6.45, 7) is 3.55. The number of carbonyl (C=O) groups is 1. The van der Waals surface area contributed by atoms with Crippen LogP contribution in [0.4, 0.5) is 0 Å². The molecule has 0 atom stereocenters. The zero-order valence-electron chi connectivity index (χ0n) is 6.58. The van der Waals surface area contributed by atoms with E-state index in [-0.39, 0.29) is 5.97 Å². The van der Waals surface area contributed by atoms with Gasteiger partial charge in [0.05, 0.1) is 12.9 Å². The second-order valence-electron chi connectivity index (χ2n) is 2.21. The van der Waals surface area contributed by atoms with Gasteiger partial charge in [0.25, 0.3) is 0 Å². The third-order valence-corrected chi connectivity index (χ3v) is 1.29. The van der Waals surface area contributed by atoms with Gasteiger partial charge in [0.1, 0.15) is 0 Å². The Morgan fingerprint density at radius 3 is 2.73 bits per heavy atom. The molecular weight excluding hydrogens is 144 g/mol. The predicted octanol–water partition coefficient (Wildman–Crippen LogP) is 1.79. The maximum Gasteiger partial charge on any atom is 0.305 e. The van der Waals surface area contributed by atoms with Crippen molar-refractivity contribution < 1.29 is 14.6 Å². The molecule has 3 heteroatoms. The van der Waals surface area contributed by atoms with E-state index < -0.39 is 0 Å². The number of cyclic esters (lactones) is 1. The van der Waals surface area contributed by atoms with Gasteiger partial charge in [-0.1, -0.05) is 6.58 Å². The zero-order chi connectivity index (χ0) is 8.53. The molecule has 1 aliphatic rings. The highest BCUT2D eigenvalue weighted by Gasteiger charge is 2.05. The molecule has 11 heavy (non-hydrogen) atoms. The Kier molecular flexibility index (Phi) is 6.48. The van der Waals surface area contributed by atoms with Crippen LogP contribution >= 0.6 is 0 Å². The molecule has 1 saturated heterocycles. The Hall–Kier alpha value is -0.990. The molecule has 1 N–H and O–H groups in total. The van der Waals surface area contributed by atoms with Gasteiger partial charge in [0, 0.05) is 6.42 Å². The van der Waals surface area contributed by atoms with E-state index in [0.29, 0.717) is 13.0 Å². The molecule has 0 amide bonds. The highest BCUT2D eigenvalue weighted by atomic mass is 16.5. The minimum atomic E-state index is -0.0255.